The van der Waals surface area contributed by atoms with Crippen molar-refractivity contribution in [2.75, 3.05) is 20.2 Å². The van der Waals surface area contributed by atoms with E-state index in [-0.39, 0.29) is 19.5 Å². The second-order valence-electron chi connectivity index (χ2n) is 8.36. The fourth-order valence-electron chi connectivity index (χ4n) is 4.35. The van der Waals surface area contributed by atoms with Crippen LogP contribution in [-0.4, -0.2) is 68.3 Å². The standard InChI is InChI=1S/C25H24FN5O4/c1-30-12-17(23(29-30)15-6-4-3-5-7-15)24-16-10-22(21(34-2)11-19(16)27-14-28-24)35-20-8-9-31(25(32)33)13-18(20)26/h3-7,10-12,14,18,20H,8-9,13H2,1-2H3,(H,32,33)/t18-,20-/m0/s1. The molecule has 2 aromatic carbocycles. The van der Waals surface area contributed by atoms with E-state index in [0.717, 1.165) is 21.7 Å². The average Bonchev–Trinajstić information content (AvgIpc) is 3.26. The minimum Gasteiger partial charge on any atom is -0.493 e. The van der Waals surface area contributed by atoms with E-state index in [9.17, 15) is 9.18 Å². The van der Waals surface area contributed by atoms with Gasteiger partial charge in [-0.1, -0.05) is 30.3 Å². The highest BCUT2D eigenvalue weighted by molar-refractivity contribution is 5.97. The smallest absolute Gasteiger partial charge is 0.407 e. The van der Waals surface area contributed by atoms with E-state index in [1.807, 2.05) is 43.6 Å². The van der Waals surface area contributed by atoms with E-state index in [4.69, 9.17) is 14.6 Å². The number of hydrogen-bond donors (Lipinski definition) is 1. The number of ether oxygens (including phenoxy) is 2. The van der Waals surface area contributed by atoms with Gasteiger partial charge in [0.1, 0.15) is 18.1 Å². The van der Waals surface area contributed by atoms with Crippen molar-refractivity contribution >= 4 is 17.0 Å². The third-order valence-corrected chi connectivity index (χ3v) is 6.08. The number of aryl methyl sites for hydroxylation is 1. The van der Waals surface area contributed by atoms with Gasteiger partial charge in [0.2, 0.25) is 0 Å². The van der Waals surface area contributed by atoms with Crippen molar-refractivity contribution in [2.24, 2.45) is 7.05 Å². The molecule has 2 atom stereocenters. The Bertz CT molecular complexity index is 1380. The second kappa shape index (κ2) is 9.21. The molecule has 4 aromatic rings. The number of carbonyl (C=O) groups is 1. The minimum atomic E-state index is -1.46. The Morgan fingerprint density at radius 1 is 1.14 bits per heavy atom. The Morgan fingerprint density at radius 2 is 1.94 bits per heavy atom. The molecular weight excluding hydrogens is 453 g/mol. The summed E-state index contributed by atoms with van der Waals surface area (Å²) < 4.78 is 28.1. The summed E-state index contributed by atoms with van der Waals surface area (Å²) in [7, 11) is 3.35. The van der Waals surface area contributed by atoms with Crippen LogP contribution in [0.15, 0.2) is 55.0 Å². The Labute approximate surface area is 200 Å². The van der Waals surface area contributed by atoms with Crippen molar-refractivity contribution in [3.63, 3.8) is 0 Å². The van der Waals surface area contributed by atoms with Gasteiger partial charge in [0, 0.05) is 48.8 Å². The molecule has 0 spiro atoms. The number of methoxy groups -OCH3 is 1. The molecular formula is C25H24FN5O4. The summed E-state index contributed by atoms with van der Waals surface area (Å²) in [5, 5.41) is 14.5. The lowest BCUT2D eigenvalue weighted by atomic mass is 10.0. The molecule has 3 heterocycles. The van der Waals surface area contributed by atoms with Gasteiger partial charge in [-0.25, -0.2) is 19.2 Å². The molecule has 10 heteroatoms. The summed E-state index contributed by atoms with van der Waals surface area (Å²) in [6, 6.07) is 13.3. The first kappa shape index (κ1) is 22.6. The molecule has 0 saturated carbocycles. The average molecular weight is 477 g/mol. The number of aromatic nitrogens is 4. The molecule has 180 valence electrons. The molecule has 1 amide bonds. The van der Waals surface area contributed by atoms with Gasteiger partial charge in [0.05, 0.1) is 24.9 Å². The number of fused-ring (bicyclic) bond motifs is 1. The molecule has 0 radical (unpaired) electrons. The number of amides is 1. The SMILES string of the molecule is COc1cc2ncnc(-c3cn(C)nc3-c3ccccc3)c2cc1O[C@H]1CCN(C(=O)O)C[C@@H]1F. The van der Waals surface area contributed by atoms with Gasteiger partial charge >= 0.3 is 6.09 Å². The summed E-state index contributed by atoms with van der Waals surface area (Å²) in [4.78, 5) is 21.2. The quantitative estimate of drug-likeness (QED) is 0.460. The summed E-state index contributed by atoms with van der Waals surface area (Å²) in [5.41, 5.74) is 3.84. The maximum atomic E-state index is 14.8. The number of piperidine rings is 1. The fourth-order valence-corrected chi connectivity index (χ4v) is 4.35. The van der Waals surface area contributed by atoms with E-state index in [2.05, 4.69) is 15.1 Å². The number of alkyl halides is 1. The van der Waals surface area contributed by atoms with Crippen molar-refractivity contribution < 1.29 is 23.8 Å². The van der Waals surface area contributed by atoms with Gasteiger partial charge in [0.15, 0.2) is 17.7 Å². The Kier molecular flexibility index (Phi) is 5.94. The van der Waals surface area contributed by atoms with Crippen LogP contribution < -0.4 is 9.47 Å². The zero-order chi connectivity index (χ0) is 24.5. The lowest BCUT2D eigenvalue weighted by Gasteiger charge is -2.33. The van der Waals surface area contributed by atoms with Crippen LogP contribution in [0.25, 0.3) is 33.4 Å². The molecule has 5 rings (SSSR count). The van der Waals surface area contributed by atoms with Crippen LogP contribution in [0.5, 0.6) is 11.5 Å². The molecule has 0 aliphatic carbocycles. The van der Waals surface area contributed by atoms with Crippen LogP contribution in [0.2, 0.25) is 0 Å². The lowest BCUT2D eigenvalue weighted by molar-refractivity contribution is 0.0237. The highest BCUT2D eigenvalue weighted by Gasteiger charge is 2.33. The molecule has 1 N–H and O–H groups in total. The van der Waals surface area contributed by atoms with Gasteiger partial charge in [-0.3, -0.25) is 4.68 Å². The van der Waals surface area contributed by atoms with E-state index in [1.54, 1.807) is 16.8 Å². The number of rotatable bonds is 5. The number of hydrogen-bond acceptors (Lipinski definition) is 6. The summed E-state index contributed by atoms with van der Waals surface area (Å²) in [6.45, 7) is -0.0405. The maximum Gasteiger partial charge on any atom is 0.407 e. The maximum absolute atomic E-state index is 14.8. The number of nitrogens with zero attached hydrogens (tertiary/aromatic N) is 5. The van der Waals surface area contributed by atoms with Crippen LogP contribution in [-0.2, 0) is 7.05 Å². The van der Waals surface area contributed by atoms with Crippen molar-refractivity contribution in [3.8, 4) is 34.0 Å². The van der Waals surface area contributed by atoms with E-state index >= 15 is 0 Å². The number of halogens is 1. The second-order valence-corrected chi connectivity index (χ2v) is 8.36. The zero-order valence-electron chi connectivity index (χ0n) is 19.3. The Balaban J connectivity index is 1.57. The molecule has 1 aliphatic rings. The first-order chi connectivity index (χ1) is 16.9. The minimum absolute atomic E-state index is 0.195. The molecule has 35 heavy (non-hydrogen) atoms. The van der Waals surface area contributed by atoms with Crippen LogP contribution >= 0.6 is 0 Å². The predicted octanol–water partition coefficient (Wildman–Crippen LogP) is 4.18. The highest BCUT2D eigenvalue weighted by atomic mass is 19.1. The van der Waals surface area contributed by atoms with E-state index in [0.29, 0.717) is 28.1 Å². The number of likely N-dealkylation sites (tertiary alicyclic amines) is 1. The van der Waals surface area contributed by atoms with Gasteiger partial charge in [-0.15, -0.1) is 0 Å². The third-order valence-electron chi connectivity index (χ3n) is 6.08. The fraction of sp³-hybridized carbons (Fsp3) is 0.280. The van der Waals surface area contributed by atoms with Gasteiger partial charge in [-0.2, -0.15) is 5.10 Å². The lowest BCUT2D eigenvalue weighted by Crippen LogP contribution is -2.48. The van der Waals surface area contributed by atoms with Gasteiger partial charge < -0.3 is 19.5 Å². The summed E-state index contributed by atoms with van der Waals surface area (Å²) in [6.07, 6.45) is 0.209. The molecule has 0 unspecified atom stereocenters. The first-order valence-corrected chi connectivity index (χ1v) is 11.2. The molecule has 1 fully saturated rings. The highest BCUT2D eigenvalue weighted by Crippen LogP contribution is 2.39. The predicted molar refractivity (Wildman–Crippen MR) is 127 cm³/mol. The van der Waals surface area contributed by atoms with Crippen molar-refractivity contribution in [3.05, 3.63) is 55.0 Å². The van der Waals surface area contributed by atoms with Crippen LogP contribution in [0, 0.1) is 0 Å². The Morgan fingerprint density at radius 3 is 2.66 bits per heavy atom. The van der Waals surface area contributed by atoms with Gasteiger partial charge in [0.25, 0.3) is 0 Å². The van der Waals surface area contributed by atoms with Gasteiger partial charge in [-0.05, 0) is 6.07 Å². The molecule has 9 nitrogen and oxygen atoms in total. The van der Waals surface area contributed by atoms with Crippen molar-refractivity contribution in [2.45, 2.75) is 18.7 Å². The largest absolute Gasteiger partial charge is 0.493 e. The summed E-state index contributed by atoms with van der Waals surface area (Å²) >= 11 is 0. The molecule has 1 aliphatic heterocycles. The van der Waals surface area contributed by atoms with Crippen molar-refractivity contribution in [1.82, 2.24) is 24.6 Å². The van der Waals surface area contributed by atoms with E-state index < -0.39 is 18.4 Å². The summed E-state index contributed by atoms with van der Waals surface area (Å²) in [5.74, 6) is 0.752. The topological polar surface area (TPSA) is 103 Å². The first-order valence-electron chi connectivity index (χ1n) is 11.2. The zero-order valence-corrected chi connectivity index (χ0v) is 19.3. The molecule has 1 saturated heterocycles. The van der Waals surface area contributed by atoms with Crippen LogP contribution in [0.3, 0.4) is 0 Å². The monoisotopic (exact) mass is 477 g/mol. The van der Waals surface area contributed by atoms with E-state index in [1.165, 1.54) is 13.4 Å². The normalized spacial score (nSPS) is 18.0. The number of carboxylic acid groups (broad SMARTS) is 1. The van der Waals surface area contributed by atoms with Crippen LogP contribution in [0.1, 0.15) is 6.42 Å². The van der Waals surface area contributed by atoms with Crippen LogP contribution in [0.4, 0.5) is 9.18 Å². The third kappa shape index (κ3) is 4.34. The Hall–Kier alpha value is -4.21. The number of benzene rings is 2. The molecule has 2 aromatic heterocycles. The van der Waals surface area contributed by atoms with Crippen molar-refractivity contribution in [1.29, 1.82) is 0 Å². The molecule has 0 bridgehead atoms.